The SMILES string of the molecule is C[C@@H](NC(=O)N1C(=O)[C@@]2(c3cc(C#CCn4nnc5ccccc54)ccc31)[C@H](C(=O)Nc1ccc(N3CCOCC3)cc1)[C@H]1C(=O)O[C@H](c3ccccc3)[C@H](c3ccccc3)N1[C@@H]2c1ccc(O)cc1)c1ccccc1. The molecule has 76 heavy (non-hydrogen) atoms. The van der Waals surface area contributed by atoms with Gasteiger partial charge in [0.2, 0.25) is 11.8 Å². The van der Waals surface area contributed by atoms with Gasteiger partial charge in [-0.1, -0.05) is 132 Å². The number of imide groups is 1. The predicted molar refractivity (Wildman–Crippen MR) is 286 cm³/mol. The number of ether oxygens (including phenoxy) is 2. The normalized spacial score (nSPS) is 22.3. The fourth-order valence-corrected chi connectivity index (χ4v) is 11.8. The van der Waals surface area contributed by atoms with Crippen LogP contribution in [0, 0.1) is 17.8 Å². The van der Waals surface area contributed by atoms with Crippen LogP contribution in [0.4, 0.5) is 21.9 Å². The molecule has 0 unspecified atom stereocenters. The molecule has 4 aliphatic rings. The summed E-state index contributed by atoms with van der Waals surface area (Å²) in [5.74, 6) is 2.84. The summed E-state index contributed by atoms with van der Waals surface area (Å²) in [5, 5.41) is 25.7. The topological polar surface area (TPSA) is 171 Å². The average Bonchev–Trinajstić information content (AvgIpc) is 4.21. The van der Waals surface area contributed by atoms with Gasteiger partial charge in [0.05, 0.1) is 48.5 Å². The number of carbonyl (C=O) groups excluding carboxylic acids is 4. The second kappa shape index (κ2) is 20.0. The average molecular weight is 1010 g/mol. The summed E-state index contributed by atoms with van der Waals surface area (Å²) in [4.78, 5) is 69.1. The summed E-state index contributed by atoms with van der Waals surface area (Å²) in [6, 6.07) is 50.5. The van der Waals surface area contributed by atoms with E-state index < -0.39 is 65.4 Å². The van der Waals surface area contributed by atoms with Crippen molar-refractivity contribution in [3.05, 3.63) is 215 Å². The number of phenols is 1. The van der Waals surface area contributed by atoms with Gasteiger partial charge in [-0.2, -0.15) is 0 Å². The fourth-order valence-electron chi connectivity index (χ4n) is 11.8. The number of esters is 1. The van der Waals surface area contributed by atoms with Crippen LogP contribution in [0.5, 0.6) is 5.75 Å². The zero-order valence-corrected chi connectivity index (χ0v) is 41.4. The molecule has 4 aliphatic heterocycles. The van der Waals surface area contributed by atoms with Gasteiger partial charge >= 0.3 is 12.0 Å². The molecule has 3 N–H and O–H groups in total. The number of urea groups is 1. The first-order chi connectivity index (χ1) is 37.2. The molecule has 15 heteroatoms. The number of cyclic esters (lactones) is 1. The summed E-state index contributed by atoms with van der Waals surface area (Å²) >= 11 is 0. The Morgan fingerprint density at radius 3 is 2.16 bits per heavy atom. The molecule has 0 aliphatic carbocycles. The lowest BCUT2D eigenvalue weighted by Gasteiger charge is -2.46. The van der Waals surface area contributed by atoms with E-state index in [0.717, 1.165) is 32.7 Å². The molecule has 7 aromatic carbocycles. The van der Waals surface area contributed by atoms with Crippen LogP contribution in [0.25, 0.3) is 11.0 Å². The summed E-state index contributed by atoms with van der Waals surface area (Å²) in [5.41, 5.74) is 4.61. The quantitative estimate of drug-likeness (QED) is 0.0933. The summed E-state index contributed by atoms with van der Waals surface area (Å²) in [7, 11) is 0. The van der Waals surface area contributed by atoms with Crippen LogP contribution in [-0.2, 0) is 35.8 Å². The van der Waals surface area contributed by atoms with Crippen molar-refractivity contribution < 1.29 is 33.8 Å². The number of hydrogen-bond donors (Lipinski definition) is 3. The van der Waals surface area contributed by atoms with Crippen LogP contribution in [0.1, 0.15) is 64.5 Å². The number of morpholine rings is 2. The van der Waals surface area contributed by atoms with Gasteiger partial charge in [0.25, 0.3) is 0 Å². The zero-order valence-electron chi connectivity index (χ0n) is 41.4. The predicted octanol–water partition coefficient (Wildman–Crippen LogP) is 8.80. The van der Waals surface area contributed by atoms with Crippen molar-refractivity contribution in [2.24, 2.45) is 5.92 Å². The molecule has 0 radical (unpaired) electrons. The highest BCUT2D eigenvalue weighted by molar-refractivity contribution is 6.25. The van der Waals surface area contributed by atoms with Gasteiger partial charge in [-0.3, -0.25) is 19.3 Å². The molecule has 7 atom stereocenters. The Kier molecular flexibility index (Phi) is 12.6. The van der Waals surface area contributed by atoms with Crippen LogP contribution in [-0.4, -0.2) is 81.2 Å². The maximum atomic E-state index is 16.8. The second-order valence-electron chi connectivity index (χ2n) is 19.5. The maximum absolute atomic E-state index is 16.8. The van der Waals surface area contributed by atoms with Crippen LogP contribution in [0.15, 0.2) is 182 Å². The van der Waals surface area contributed by atoms with Gasteiger partial charge in [0.15, 0.2) is 0 Å². The van der Waals surface area contributed by atoms with E-state index in [1.807, 2.05) is 139 Å². The minimum absolute atomic E-state index is 0.0336. The Labute approximate surface area is 438 Å². The van der Waals surface area contributed by atoms with Crippen LogP contribution in [0.2, 0.25) is 0 Å². The number of benzene rings is 7. The highest BCUT2D eigenvalue weighted by Crippen LogP contribution is 2.66. The van der Waals surface area contributed by atoms with Crippen molar-refractivity contribution in [2.45, 2.75) is 49.2 Å². The van der Waals surface area contributed by atoms with E-state index in [1.54, 1.807) is 47.1 Å². The van der Waals surface area contributed by atoms with Crippen LogP contribution < -0.4 is 20.4 Å². The van der Waals surface area contributed by atoms with Gasteiger partial charge in [0, 0.05) is 30.0 Å². The van der Waals surface area contributed by atoms with E-state index >= 15 is 19.2 Å². The van der Waals surface area contributed by atoms with Crippen molar-refractivity contribution >= 4 is 51.9 Å². The molecule has 0 bridgehead atoms. The fraction of sp³-hybridized carbons (Fsp3) is 0.213. The number of para-hydroxylation sites is 1. The van der Waals surface area contributed by atoms with Gasteiger partial charge in [-0.25, -0.2) is 14.4 Å². The maximum Gasteiger partial charge on any atom is 0.329 e. The molecule has 3 fully saturated rings. The molecule has 4 amide bonds. The minimum Gasteiger partial charge on any atom is -0.508 e. The van der Waals surface area contributed by atoms with Crippen molar-refractivity contribution in [1.82, 2.24) is 25.2 Å². The van der Waals surface area contributed by atoms with E-state index in [1.165, 1.54) is 12.1 Å². The Hall–Kier alpha value is -9.10. The number of carbonyl (C=O) groups is 4. The molecule has 12 rings (SSSR count). The first-order valence-corrected chi connectivity index (χ1v) is 25.4. The number of anilines is 3. The Morgan fingerprint density at radius 2 is 1.43 bits per heavy atom. The van der Waals surface area contributed by atoms with Gasteiger partial charge in [0.1, 0.15) is 35.4 Å². The smallest absolute Gasteiger partial charge is 0.329 e. The number of phenolic OH excluding ortho intramolecular Hbond substituents is 1. The molecular weight excluding hydrogens is 957 g/mol. The molecule has 1 spiro atoms. The number of nitrogens with one attached hydrogen (secondary N) is 2. The van der Waals surface area contributed by atoms with Gasteiger partial charge in [-0.05, 0) is 101 Å². The third-order valence-corrected chi connectivity index (χ3v) is 15.2. The van der Waals surface area contributed by atoms with E-state index in [4.69, 9.17) is 9.47 Å². The number of aromatic hydroxyl groups is 1. The largest absolute Gasteiger partial charge is 0.508 e. The molecular formula is C61H52N8O7. The van der Waals surface area contributed by atoms with E-state index in [2.05, 4.69) is 37.7 Å². The van der Waals surface area contributed by atoms with Crippen molar-refractivity contribution in [3.8, 4) is 17.6 Å². The molecule has 8 aromatic rings. The Morgan fingerprint density at radius 1 is 0.763 bits per heavy atom. The lowest BCUT2D eigenvalue weighted by Crippen LogP contribution is -2.55. The summed E-state index contributed by atoms with van der Waals surface area (Å²) in [6.07, 6.45) is -0.925. The van der Waals surface area contributed by atoms with Crippen LogP contribution >= 0.6 is 0 Å². The monoisotopic (exact) mass is 1010 g/mol. The van der Waals surface area contributed by atoms with E-state index in [9.17, 15) is 5.11 Å². The first kappa shape index (κ1) is 47.9. The molecule has 1 aromatic heterocycles. The minimum atomic E-state index is -2.06. The summed E-state index contributed by atoms with van der Waals surface area (Å²) < 4.78 is 14.0. The molecule has 3 saturated heterocycles. The Bertz CT molecular complexity index is 3540. The summed E-state index contributed by atoms with van der Waals surface area (Å²) in [6.45, 7) is 4.62. The highest BCUT2D eigenvalue weighted by Gasteiger charge is 2.75. The number of amides is 4. The standard InChI is InChI=1S/C61H52N8O7/c1-39(41-15-5-2-6-16-41)62-60(74)68-50-32-23-40(14-13-33-67-51-22-12-11-21-49(51)64-65-67)38-48(50)61(59(68)73)52(57(71)63-45-26-28-46(29-27-45)66-34-36-75-37-35-66)54-58(72)76-55(43-19-9-4-10-20-43)53(42-17-7-3-8-18-42)69(54)56(61)44-24-30-47(70)31-25-44/h2-12,15-32,38-39,52-56,70H,33-37H2,1H3,(H,62,74)(H,63,71)/t39-,52+,53+,54+,55-,56-,61+/m1/s1. The molecule has 0 saturated carbocycles. The van der Waals surface area contributed by atoms with Crippen molar-refractivity contribution in [1.29, 1.82) is 0 Å². The van der Waals surface area contributed by atoms with Crippen molar-refractivity contribution in [2.75, 3.05) is 41.4 Å². The van der Waals surface area contributed by atoms with E-state index in [0.29, 0.717) is 54.2 Å². The number of hydrogen-bond acceptors (Lipinski definition) is 11. The van der Waals surface area contributed by atoms with Gasteiger partial charge in [-0.15, -0.1) is 5.10 Å². The third-order valence-electron chi connectivity index (χ3n) is 15.2. The van der Waals surface area contributed by atoms with Gasteiger partial charge < -0.3 is 30.1 Å². The lowest BCUT2D eigenvalue weighted by molar-refractivity contribution is -0.177. The molecule has 15 nitrogen and oxygen atoms in total. The van der Waals surface area contributed by atoms with Crippen molar-refractivity contribution in [3.63, 3.8) is 0 Å². The lowest BCUT2D eigenvalue weighted by atomic mass is 9.65. The first-order valence-electron chi connectivity index (χ1n) is 25.4. The van der Waals surface area contributed by atoms with E-state index in [-0.39, 0.29) is 18.0 Å². The highest BCUT2D eigenvalue weighted by atomic mass is 16.6. The number of aromatic nitrogens is 3. The number of fused-ring (bicyclic) bond motifs is 4. The molecule has 5 heterocycles. The number of rotatable bonds is 9. The number of nitrogens with zero attached hydrogens (tertiary/aromatic N) is 6. The second-order valence-corrected chi connectivity index (χ2v) is 19.5. The van der Waals surface area contributed by atoms with Crippen LogP contribution in [0.3, 0.4) is 0 Å². The zero-order chi connectivity index (χ0) is 51.9. The molecule has 378 valence electrons. The third kappa shape index (κ3) is 8.37. The Balaban J connectivity index is 1.08.